The van der Waals surface area contributed by atoms with Crippen molar-refractivity contribution >= 4 is 5.97 Å². The number of aryl methyl sites for hydroxylation is 1. The smallest absolute Gasteiger partial charge is 0.416 e. The molecule has 0 aliphatic heterocycles. The van der Waals surface area contributed by atoms with Gasteiger partial charge in [0.05, 0.1) is 19.8 Å². The van der Waals surface area contributed by atoms with E-state index in [2.05, 4.69) is 5.32 Å². The first-order valence-electron chi connectivity index (χ1n) is 11.8. The Morgan fingerprint density at radius 2 is 1.63 bits per heavy atom. The third-order valence-corrected chi connectivity index (χ3v) is 5.92. The van der Waals surface area contributed by atoms with Crippen molar-refractivity contribution in [1.82, 2.24) is 5.32 Å². The first-order chi connectivity index (χ1) is 18.0. The van der Waals surface area contributed by atoms with Gasteiger partial charge in [-0.25, -0.2) is 4.39 Å². The van der Waals surface area contributed by atoms with E-state index in [1.165, 1.54) is 18.2 Å². The van der Waals surface area contributed by atoms with Crippen molar-refractivity contribution in [3.8, 4) is 28.4 Å². The molecule has 38 heavy (non-hydrogen) atoms. The van der Waals surface area contributed by atoms with E-state index in [0.29, 0.717) is 23.6 Å². The predicted octanol–water partition coefficient (Wildman–Crippen LogP) is 6.28. The Morgan fingerprint density at radius 1 is 0.947 bits per heavy atom. The van der Waals surface area contributed by atoms with E-state index in [0.717, 1.165) is 23.8 Å². The molecule has 0 radical (unpaired) electrons. The van der Waals surface area contributed by atoms with Crippen LogP contribution < -0.4 is 19.5 Å². The molecule has 6 nitrogen and oxygen atoms in total. The van der Waals surface area contributed by atoms with Gasteiger partial charge >= 0.3 is 12.1 Å². The minimum Gasteiger partial charge on any atom is -0.497 e. The lowest BCUT2D eigenvalue weighted by Crippen LogP contribution is -2.24. The number of hydrogen-bond donors (Lipinski definition) is 2. The summed E-state index contributed by atoms with van der Waals surface area (Å²) in [5.74, 6) is -0.450. The Hall–Kier alpha value is -3.79. The van der Waals surface area contributed by atoms with Crippen LogP contribution in [0.25, 0.3) is 11.1 Å². The van der Waals surface area contributed by atoms with Crippen LogP contribution in [0.1, 0.15) is 36.1 Å². The first kappa shape index (κ1) is 28.8. The molecule has 0 spiro atoms. The second-order valence-electron chi connectivity index (χ2n) is 8.61. The lowest BCUT2D eigenvalue weighted by molar-refractivity contribution is -0.138. The number of methoxy groups -OCH3 is 2. The van der Waals surface area contributed by atoms with Crippen molar-refractivity contribution in [2.75, 3.05) is 27.4 Å². The maximum absolute atomic E-state index is 14.1. The number of rotatable bonds is 12. The Morgan fingerprint density at radius 3 is 2.24 bits per heavy atom. The molecule has 0 aliphatic rings. The maximum atomic E-state index is 14.1. The normalized spacial score (nSPS) is 12.2. The van der Waals surface area contributed by atoms with Crippen LogP contribution in [-0.4, -0.2) is 38.4 Å². The molecule has 0 aliphatic carbocycles. The first-order valence-corrected chi connectivity index (χ1v) is 11.8. The fourth-order valence-corrected chi connectivity index (χ4v) is 3.84. The molecular formula is C28H29F4NO5. The summed E-state index contributed by atoms with van der Waals surface area (Å²) in [6.45, 7) is 2.34. The van der Waals surface area contributed by atoms with Crippen molar-refractivity contribution in [2.45, 2.75) is 32.0 Å². The molecular weight excluding hydrogens is 506 g/mol. The predicted molar refractivity (Wildman–Crippen MR) is 134 cm³/mol. The Labute approximate surface area is 218 Å². The van der Waals surface area contributed by atoms with Gasteiger partial charge < -0.3 is 24.6 Å². The van der Waals surface area contributed by atoms with E-state index >= 15 is 0 Å². The Kier molecular flexibility index (Phi) is 9.57. The maximum Gasteiger partial charge on any atom is 0.416 e. The summed E-state index contributed by atoms with van der Waals surface area (Å²) < 4.78 is 71.2. The summed E-state index contributed by atoms with van der Waals surface area (Å²) >= 11 is 0. The van der Waals surface area contributed by atoms with Crippen LogP contribution in [0.4, 0.5) is 17.6 Å². The second kappa shape index (κ2) is 12.6. The minimum absolute atomic E-state index is 0.00346. The zero-order valence-corrected chi connectivity index (χ0v) is 21.2. The van der Waals surface area contributed by atoms with Crippen LogP contribution >= 0.6 is 0 Å². The van der Waals surface area contributed by atoms with E-state index in [1.54, 1.807) is 20.3 Å². The standard InChI is InChI=1S/C28H29F4NO5/c1-17(20-12-23(36-2)16-24(13-20)37-3)33-8-9-38-25-14-21(11-22(15-25)28(30,31)32)18-4-6-26(29)19(10-18)5-7-27(34)35/h4,6,10-17,33H,5,7-9H2,1-3H3,(H,34,35). The van der Waals surface area contributed by atoms with Crippen LogP contribution in [-0.2, 0) is 17.4 Å². The molecule has 0 saturated heterocycles. The summed E-state index contributed by atoms with van der Waals surface area (Å²) in [6, 6.07) is 12.5. The molecule has 0 amide bonds. The Balaban J connectivity index is 1.74. The number of hydrogen-bond acceptors (Lipinski definition) is 5. The highest BCUT2D eigenvalue weighted by Crippen LogP contribution is 2.36. The van der Waals surface area contributed by atoms with Crippen LogP contribution in [0.5, 0.6) is 17.2 Å². The summed E-state index contributed by atoms with van der Waals surface area (Å²) in [5, 5.41) is 12.1. The molecule has 0 aromatic heterocycles. The number of halogens is 4. The van der Waals surface area contributed by atoms with Crippen LogP contribution in [0.15, 0.2) is 54.6 Å². The zero-order valence-electron chi connectivity index (χ0n) is 21.2. The van der Waals surface area contributed by atoms with Crippen LogP contribution in [0, 0.1) is 5.82 Å². The second-order valence-corrected chi connectivity index (χ2v) is 8.61. The van der Waals surface area contributed by atoms with Gasteiger partial charge in [0.2, 0.25) is 0 Å². The molecule has 2 N–H and O–H groups in total. The average Bonchev–Trinajstić information content (AvgIpc) is 2.89. The highest BCUT2D eigenvalue weighted by Gasteiger charge is 2.31. The number of alkyl halides is 3. The van der Waals surface area contributed by atoms with Gasteiger partial charge in [-0.3, -0.25) is 4.79 Å². The molecule has 3 rings (SSSR count). The van der Waals surface area contributed by atoms with E-state index in [4.69, 9.17) is 19.3 Å². The van der Waals surface area contributed by atoms with Crippen molar-refractivity contribution in [3.63, 3.8) is 0 Å². The van der Waals surface area contributed by atoms with Crippen LogP contribution in [0.3, 0.4) is 0 Å². The summed E-state index contributed by atoms with van der Waals surface area (Å²) in [5.41, 5.74) is 0.596. The quantitative estimate of drug-likeness (QED) is 0.210. The summed E-state index contributed by atoms with van der Waals surface area (Å²) in [6.07, 6.45) is -5.01. The number of aliphatic carboxylic acids is 1. The zero-order chi connectivity index (χ0) is 27.9. The molecule has 1 atom stereocenters. The fraction of sp³-hybridized carbons (Fsp3) is 0.321. The molecule has 1 unspecified atom stereocenters. The summed E-state index contributed by atoms with van der Waals surface area (Å²) in [4.78, 5) is 10.9. The van der Waals surface area contributed by atoms with E-state index in [1.807, 2.05) is 19.1 Å². The van der Waals surface area contributed by atoms with Gasteiger partial charge in [-0.05, 0) is 78.1 Å². The third kappa shape index (κ3) is 7.85. The van der Waals surface area contributed by atoms with E-state index in [9.17, 15) is 22.4 Å². The molecule has 10 heteroatoms. The summed E-state index contributed by atoms with van der Waals surface area (Å²) in [7, 11) is 3.10. The van der Waals surface area contributed by atoms with Gasteiger partial charge in [-0.2, -0.15) is 13.2 Å². The molecule has 3 aromatic rings. The van der Waals surface area contributed by atoms with Crippen LogP contribution in [0.2, 0.25) is 0 Å². The largest absolute Gasteiger partial charge is 0.497 e. The highest BCUT2D eigenvalue weighted by atomic mass is 19.4. The number of carboxylic acid groups (broad SMARTS) is 1. The number of nitrogens with one attached hydrogen (secondary N) is 1. The lowest BCUT2D eigenvalue weighted by atomic mass is 9.98. The van der Waals surface area contributed by atoms with Crippen molar-refractivity contribution < 1.29 is 41.7 Å². The Bertz CT molecular complexity index is 1240. The van der Waals surface area contributed by atoms with Crippen molar-refractivity contribution in [1.29, 1.82) is 0 Å². The van der Waals surface area contributed by atoms with Crippen molar-refractivity contribution in [2.24, 2.45) is 0 Å². The number of carboxylic acids is 1. The van der Waals surface area contributed by atoms with Gasteiger partial charge in [0.15, 0.2) is 0 Å². The minimum atomic E-state index is -4.63. The molecule has 0 saturated carbocycles. The molecule has 0 bridgehead atoms. The van der Waals surface area contributed by atoms with E-state index < -0.39 is 23.5 Å². The average molecular weight is 536 g/mol. The SMILES string of the molecule is COc1cc(OC)cc(C(C)NCCOc2cc(-c3ccc(F)c(CCC(=O)O)c3)cc(C(F)(F)F)c2)c1. The van der Waals surface area contributed by atoms with Gasteiger partial charge in [0, 0.05) is 25.1 Å². The van der Waals surface area contributed by atoms with Crippen molar-refractivity contribution in [3.05, 3.63) is 77.1 Å². The number of carbonyl (C=O) groups is 1. The van der Waals surface area contributed by atoms with Gasteiger partial charge in [0.25, 0.3) is 0 Å². The topological polar surface area (TPSA) is 77.0 Å². The number of ether oxygens (including phenoxy) is 3. The third-order valence-electron chi connectivity index (χ3n) is 5.92. The molecule has 204 valence electrons. The fourth-order valence-electron chi connectivity index (χ4n) is 3.84. The molecule has 0 heterocycles. The van der Waals surface area contributed by atoms with E-state index in [-0.39, 0.29) is 42.4 Å². The van der Waals surface area contributed by atoms with Gasteiger partial charge in [-0.15, -0.1) is 0 Å². The monoisotopic (exact) mass is 535 g/mol. The van der Waals surface area contributed by atoms with Gasteiger partial charge in [0.1, 0.15) is 29.7 Å². The number of benzene rings is 3. The highest BCUT2D eigenvalue weighted by molar-refractivity contribution is 5.69. The van der Waals surface area contributed by atoms with Gasteiger partial charge in [-0.1, -0.05) is 6.07 Å². The lowest BCUT2D eigenvalue weighted by Gasteiger charge is -2.17. The molecule has 0 fully saturated rings. The molecule has 3 aromatic carbocycles.